The standard InChI is InChI=1S/C18H18F3NO3S/c19-18(20,21)26(23,24)16-8-6-14(7-9-16)22-15-10-11-25-17(12-15)13-4-2-1-3-5-13/h1-9,15,17,22H,10-12H2. The molecule has 0 amide bonds. The first-order valence-corrected chi connectivity index (χ1v) is 9.60. The predicted molar refractivity (Wildman–Crippen MR) is 91.5 cm³/mol. The van der Waals surface area contributed by atoms with Gasteiger partial charge in [0.1, 0.15) is 0 Å². The van der Waals surface area contributed by atoms with Crippen LogP contribution in [0.4, 0.5) is 18.9 Å². The summed E-state index contributed by atoms with van der Waals surface area (Å²) in [7, 11) is -5.32. The molecular weight excluding hydrogens is 367 g/mol. The van der Waals surface area contributed by atoms with Gasteiger partial charge in [-0.05, 0) is 42.7 Å². The second-order valence-electron chi connectivity index (χ2n) is 6.11. The largest absolute Gasteiger partial charge is 0.501 e. The number of anilines is 1. The van der Waals surface area contributed by atoms with Gasteiger partial charge < -0.3 is 10.1 Å². The number of alkyl halides is 3. The van der Waals surface area contributed by atoms with Gasteiger partial charge in [0.05, 0.1) is 11.0 Å². The summed E-state index contributed by atoms with van der Waals surface area (Å²) in [5, 5.41) is 3.24. The van der Waals surface area contributed by atoms with E-state index < -0.39 is 20.2 Å². The van der Waals surface area contributed by atoms with E-state index in [1.807, 2.05) is 30.3 Å². The molecule has 0 aromatic heterocycles. The molecule has 3 rings (SSSR count). The molecule has 0 bridgehead atoms. The van der Waals surface area contributed by atoms with E-state index in [0.717, 1.165) is 24.1 Å². The van der Waals surface area contributed by atoms with Gasteiger partial charge >= 0.3 is 5.51 Å². The number of nitrogens with one attached hydrogen (secondary N) is 1. The fourth-order valence-electron chi connectivity index (χ4n) is 2.93. The summed E-state index contributed by atoms with van der Waals surface area (Å²) in [5.74, 6) is 0. The van der Waals surface area contributed by atoms with Crippen molar-refractivity contribution in [2.45, 2.75) is 35.4 Å². The maximum Gasteiger partial charge on any atom is 0.501 e. The van der Waals surface area contributed by atoms with E-state index in [0.29, 0.717) is 18.7 Å². The summed E-state index contributed by atoms with van der Waals surface area (Å²) in [6.07, 6.45) is 1.42. The quantitative estimate of drug-likeness (QED) is 0.852. The number of rotatable bonds is 4. The third-order valence-corrected chi connectivity index (χ3v) is 5.80. The molecule has 1 heterocycles. The van der Waals surface area contributed by atoms with E-state index in [-0.39, 0.29) is 12.1 Å². The molecule has 1 saturated heterocycles. The van der Waals surface area contributed by atoms with Crippen molar-refractivity contribution in [1.29, 1.82) is 0 Å². The molecule has 0 radical (unpaired) electrons. The minimum atomic E-state index is -5.32. The lowest BCUT2D eigenvalue weighted by atomic mass is 9.97. The third kappa shape index (κ3) is 4.02. The maximum atomic E-state index is 12.6. The van der Waals surface area contributed by atoms with Crippen LogP contribution < -0.4 is 5.32 Å². The summed E-state index contributed by atoms with van der Waals surface area (Å²) in [4.78, 5) is -0.760. The monoisotopic (exact) mass is 385 g/mol. The Morgan fingerprint density at radius 1 is 1.00 bits per heavy atom. The van der Waals surface area contributed by atoms with Gasteiger partial charge in [-0.1, -0.05) is 30.3 Å². The third-order valence-electron chi connectivity index (χ3n) is 4.30. The summed E-state index contributed by atoms with van der Waals surface area (Å²) >= 11 is 0. The highest BCUT2D eigenvalue weighted by Gasteiger charge is 2.46. The normalized spacial score (nSPS) is 21.3. The van der Waals surface area contributed by atoms with Crippen molar-refractivity contribution < 1.29 is 26.3 Å². The van der Waals surface area contributed by atoms with Gasteiger partial charge in [-0.3, -0.25) is 0 Å². The van der Waals surface area contributed by atoms with Gasteiger partial charge in [0.15, 0.2) is 0 Å². The number of ether oxygens (including phenoxy) is 1. The minimum Gasteiger partial charge on any atom is -0.382 e. The summed E-state index contributed by atoms with van der Waals surface area (Å²) in [6, 6.07) is 14.5. The van der Waals surface area contributed by atoms with E-state index in [4.69, 9.17) is 4.74 Å². The number of sulfone groups is 1. The molecule has 26 heavy (non-hydrogen) atoms. The summed E-state index contributed by atoms with van der Waals surface area (Å²) in [6.45, 7) is 0.567. The van der Waals surface area contributed by atoms with Crippen LogP contribution in [-0.2, 0) is 14.6 Å². The Bertz CT molecular complexity index is 836. The van der Waals surface area contributed by atoms with Crippen LogP contribution in [-0.4, -0.2) is 26.6 Å². The van der Waals surface area contributed by atoms with E-state index in [2.05, 4.69) is 5.32 Å². The van der Waals surface area contributed by atoms with Crippen LogP contribution in [0, 0.1) is 0 Å². The van der Waals surface area contributed by atoms with Crippen LogP contribution in [0.25, 0.3) is 0 Å². The van der Waals surface area contributed by atoms with Crippen molar-refractivity contribution in [2.24, 2.45) is 0 Å². The SMILES string of the molecule is O=S(=O)(c1ccc(NC2CCOC(c3ccccc3)C2)cc1)C(F)(F)F. The lowest BCUT2D eigenvalue weighted by Gasteiger charge is -2.31. The molecule has 2 aromatic carbocycles. The van der Waals surface area contributed by atoms with Crippen LogP contribution in [0.1, 0.15) is 24.5 Å². The lowest BCUT2D eigenvalue weighted by Crippen LogP contribution is -2.30. The van der Waals surface area contributed by atoms with Crippen molar-refractivity contribution in [1.82, 2.24) is 0 Å². The summed E-state index contributed by atoms with van der Waals surface area (Å²) < 4.78 is 66.3. The second-order valence-corrected chi connectivity index (χ2v) is 8.05. The highest BCUT2D eigenvalue weighted by molar-refractivity contribution is 7.92. The molecule has 0 aliphatic carbocycles. The van der Waals surface area contributed by atoms with Crippen LogP contribution in [0.15, 0.2) is 59.5 Å². The van der Waals surface area contributed by atoms with Crippen molar-refractivity contribution >= 4 is 15.5 Å². The Balaban J connectivity index is 1.68. The molecule has 1 fully saturated rings. The van der Waals surface area contributed by atoms with Crippen LogP contribution in [0.3, 0.4) is 0 Å². The fourth-order valence-corrected chi connectivity index (χ4v) is 3.69. The minimum absolute atomic E-state index is 0.0488. The highest BCUT2D eigenvalue weighted by Crippen LogP contribution is 2.32. The average Bonchev–Trinajstić information content (AvgIpc) is 2.62. The molecular formula is C18H18F3NO3S. The van der Waals surface area contributed by atoms with E-state index in [1.165, 1.54) is 12.1 Å². The number of halogens is 3. The Kier molecular flexibility index (Phi) is 5.24. The van der Waals surface area contributed by atoms with E-state index in [1.54, 1.807) is 0 Å². The summed E-state index contributed by atoms with van der Waals surface area (Å²) in [5.41, 5.74) is -3.65. The molecule has 140 valence electrons. The number of hydrogen-bond donors (Lipinski definition) is 1. The second kappa shape index (κ2) is 7.28. The average molecular weight is 385 g/mol. The zero-order chi connectivity index (χ0) is 18.8. The molecule has 2 atom stereocenters. The van der Waals surface area contributed by atoms with E-state index in [9.17, 15) is 21.6 Å². The topological polar surface area (TPSA) is 55.4 Å². The van der Waals surface area contributed by atoms with Crippen molar-refractivity contribution in [3.8, 4) is 0 Å². The predicted octanol–water partition coefficient (Wildman–Crippen LogP) is 4.31. The molecule has 1 N–H and O–H groups in total. The molecule has 1 aliphatic heterocycles. The first kappa shape index (κ1) is 18.7. The Labute approximate surface area is 149 Å². The van der Waals surface area contributed by atoms with Crippen molar-refractivity contribution in [3.63, 3.8) is 0 Å². The molecule has 4 nitrogen and oxygen atoms in total. The van der Waals surface area contributed by atoms with Crippen molar-refractivity contribution in [2.75, 3.05) is 11.9 Å². The van der Waals surface area contributed by atoms with Gasteiger partial charge in [-0.15, -0.1) is 0 Å². The Morgan fingerprint density at radius 2 is 1.65 bits per heavy atom. The molecule has 1 aliphatic rings. The first-order valence-electron chi connectivity index (χ1n) is 8.12. The van der Waals surface area contributed by atoms with E-state index >= 15 is 0 Å². The maximum absolute atomic E-state index is 12.6. The van der Waals surface area contributed by atoms with Crippen LogP contribution in [0.2, 0.25) is 0 Å². The molecule has 8 heteroatoms. The van der Waals surface area contributed by atoms with Crippen LogP contribution in [0.5, 0.6) is 0 Å². The number of benzene rings is 2. The number of hydrogen-bond acceptors (Lipinski definition) is 4. The highest BCUT2D eigenvalue weighted by atomic mass is 32.2. The van der Waals surface area contributed by atoms with Gasteiger partial charge in [0, 0.05) is 18.3 Å². The smallest absolute Gasteiger partial charge is 0.382 e. The van der Waals surface area contributed by atoms with Gasteiger partial charge in [0.25, 0.3) is 9.84 Å². The zero-order valence-corrected chi connectivity index (χ0v) is 14.6. The van der Waals surface area contributed by atoms with Gasteiger partial charge in [-0.2, -0.15) is 13.2 Å². The van der Waals surface area contributed by atoms with Gasteiger partial charge in [0.2, 0.25) is 0 Å². The van der Waals surface area contributed by atoms with Crippen LogP contribution >= 0.6 is 0 Å². The fraction of sp³-hybridized carbons (Fsp3) is 0.333. The molecule has 2 aromatic rings. The lowest BCUT2D eigenvalue weighted by molar-refractivity contribution is -0.0436. The van der Waals surface area contributed by atoms with Gasteiger partial charge in [-0.25, -0.2) is 8.42 Å². The van der Waals surface area contributed by atoms with Crippen molar-refractivity contribution in [3.05, 3.63) is 60.2 Å². The Hall–Kier alpha value is -2.06. The zero-order valence-electron chi connectivity index (χ0n) is 13.7. The molecule has 0 saturated carbocycles. The Morgan fingerprint density at radius 3 is 2.27 bits per heavy atom. The molecule has 2 unspecified atom stereocenters. The molecule has 0 spiro atoms. The first-order chi connectivity index (χ1) is 12.3.